The summed E-state index contributed by atoms with van der Waals surface area (Å²) in [7, 11) is 1.61. The summed E-state index contributed by atoms with van der Waals surface area (Å²) in [6, 6.07) is 19.6. The van der Waals surface area contributed by atoms with E-state index in [2.05, 4.69) is 24.5 Å². The number of nitrogens with one attached hydrogen (secondary N) is 2. The highest BCUT2D eigenvalue weighted by Crippen LogP contribution is 2.24. The van der Waals surface area contributed by atoms with Gasteiger partial charge in [0.05, 0.1) is 19.4 Å². The maximum absolute atomic E-state index is 13.3. The van der Waals surface area contributed by atoms with E-state index < -0.39 is 5.91 Å². The molecule has 0 saturated carbocycles. The minimum absolute atomic E-state index is 0.107. The second-order valence-corrected chi connectivity index (χ2v) is 7.82. The van der Waals surface area contributed by atoms with Gasteiger partial charge < -0.3 is 19.8 Å². The fourth-order valence-electron chi connectivity index (χ4n) is 3.28. The van der Waals surface area contributed by atoms with Crippen molar-refractivity contribution in [3.05, 3.63) is 95.6 Å². The van der Waals surface area contributed by atoms with Gasteiger partial charge in [-0.1, -0.05) is 44.2 Å². The van der Waals surface area contributed by atoms with Crippen molar-refractivity contribution in [2.45, 2.75) is 26.3 Å². The van der Waals surface area contributed by atoms with E-state index in [0.29, 0.717) is 17.2 Å². The molecule has 0 radical (unpaired) electrons. The highest BCUT2D eigenvalue weighted by atomic mass is 16.5. The van der Waals surface area contributed by atoms with Gasteiger partial charge in [0.1, 0.15) is 17.2 Å². The Bertz CT molecular complexity index is 1040. The summed E-state index contributed by atoms with van der Waals surface area (Å²) in [6.45, 7) is 4.19. The molecule has 0 saturated heterocycles. The van der Waals surface area contributed by atoms with E-state index >= 15 is 0 Å². The highest BCUT2D eigenvalue weighted by molar-refractivity contribution is 6.05. The van der Waals surface area contributed by atoms with Crippen molar-refractivity contribution in [2.75, 3.05) is 7.11 Å². The molecule has 0 unspecified atom stereocenters. The van der Waals surface area contributed by atoms with Crippen molar-refractivity contribution >= 4 is 17.9 Å². The van der Waals surface area contributed by atoms with Crippen LogP contribution < -0.4 is 15.4 Å². The molecule has 0 spiro atoms. The number of furan rings is 1. The van der Waals surface area contributed by atoms with Crippen LogP contribution in [0, 0.1) is 5.92 Å². The lowest BCUT2D eigenvalue weighted by atomic mass is 9.96. The first-order valence-electron chi connectivity index (χ1n) is 10.5. The van der Waals surface area contributed by atoms with Crippen molar-refractivity contribution in [3.63, 3.8) is 0 Å². The average Bonchev–Trinajstić information content (AvgIpc) is 3.31. The van der Waals surface area contributed by atoms with Gasteiger partial charge in [-0.3, -0.25) is 9.59 Å². The molecule has 1 heterocycles. The first-order valence-corrected chi connectivity index (χ1v) is 10.5. The number of ether oxygens (including phenoxy) is 1. The number of carbonyl (C=O) groups excluding carboxylic acids is 2. The summed E-state index contributed by atoms with van der Waals surface area (Å²) < 4.78 is 10.6. The molecular formula is C26H28N2O4. The molecule has 0 bridgehead atoms. The van der Waals surface area contributed by atoms with Crippen LogP contribution in [0.25, 0.3) is 6.08 Å². The standard InChI is InChI=1S/C26H28N2O4/c1-18(2)16-23(19-11-13-21(31-3)14-12-19)27-26(30)24(17-22-10-7-15-32-22)28-25(29)20-8-5-4-6-9-20/h4-15,17-18,23H,16H2,1-3H3,(H,27,30)(H,28,29)/b24-17-/t23-/m0/s1. The molecule has 32 heavy (non-hydrogen) atoms. The van der Waals surface area contributed by atoms with Crippen LogP contribution in [0.3, 0.4) is 0 Å². The number of rotatable bonds is 9. The maximum Gasteiger partial charge on any atom is 0.268 e. The number of carbonyl (C=O) groups is 2. The van der Waals surface area contributed by atoms with Crippen LogP contribution in [0.5, 0.6) is 5.75 Å². The number of methoxy groups -OCH3 is 1. The summed E-state index contributed by atoms with van der Waals surface area (Å²) in [5.41, 5.74) is 1.52. The van der Waals surface area contributed by atoms with Crippen molar-refractivity contribution in [1.82, 2.24) is 10.6 Å². The first kappa shape index (κ1) is 22.9. The minimum Gasteiger partial charge on any atom is -0.497 e. The van der Waals surface area contributed by atoms with Crippen LogP contribution >= 0.6 is 0 Å². The summed E-state index contributed by atoms with van der Waals surface area (Å²) in [4.78, 5) is 26.0. The third-order valence-electron chi connectivity index (χ3n) is 4.89. The van der Waals surface area contributed by atoms with Crippen molar-refractivity contribution in [2.24, 2.45) is 5.92 Å². The Labute approximate surface area is 188 Å². The number of hydrogen-bond donors (Lipinski definition) is 2. The predicted molar refractivity (Wildman–Crippen MR) is 124 cm³/mol. The molecule has 6 nitrogen and oxygen atoms in total. The molecular weight excluding hydrogens is 404 g/mol. The van der Waals surface area contributed by atoms with Crippen molar-refractivity contribution in [3.8, 4) is 5.75 Å². The van der Waals surface area contributed by atoms with Gasteiger partial charge in [0.15, 0.2) is 0 Å². The third-order valence-corrected chi connectivity index (χ3v) is 4.89. The van der Waals surface area contributed by atoms with Crippen LogP contribution in [0.2, 0.25) is 0 Å². The number of amides is 2. The fourth-order valence-corrected chi connectivity index (χ4v) is 3.28. The van der Waals surface area contributed by atoms with Gasteiger partial charge in [0.25, 0.3) is 11.8 Å². The lowest BCUT2D eigenvalue weighted by Crippen LogP contribution is -2.37. The summed E-state index contributed by atoms with van der Waals surface area (Å²) in [5, 5.41) is 5.80. The van der Waals surface area contributed by atoms with Gasteiger partial charge in [-0.25, -0.2) is 0 Å². The van der Waals surface area contributed by atoms with E-state index in [0.717, 1.165) is 17.7 Å². The molecule has 0 aliphatic carbocycles. The highest BCUT2D eigenvalue weighted by Gasteiger charge is 2.21. The molecule has 0 aliphatic rings. The minimum atomic E-state index is -0.396. The zero-order valence-electron chi connectivity index (χ0n) is 18.5. The Morgan fingerprint density at radius 1 is 1.00 bits per heavy atom. The molecule has 3 aromatic rings. The Morgan fingerprint density at radius 2 is 1.72 bits per heavy atom. The Hall–Kier alpha value is -3.80. The molecule has 2 amide bonds. The summed E-state index contributed by atoms with van der Waals surface area (Å²) in [6.07, 6.45) is 3.77. The fraction of sp³-hybridized carbons (Fsp3) is 0.231. The van der Waals surface area contributed by atoms with E-state index in [1.807, 2.05) is 30.3 Å². The van der Waals surface area contributed by atoms with Crippen LogP contribution in [0.1, 0.15) is 48.0 Å². The lowest BCUT2D eigenvalue weighted by molar-refractivity contribution is -0.118. The second kappa shape index (κ2) is 11.0. The third kappa shape index (κ3) is 6.35. The molecule has 2 N–H and O–H groups in total. The maximum atomic E-state index is 13.3. The quantitative estimate of drug-likeness (QED) is 0.468. The molecule has 1 aromatic heterocycles. The van der Waals surface area contributed by atoms with Gasteiger partial charge in [-0.2, -0.15) is 0 Å². The predicted octanol–water partition coefficient (Wildman–Crippen LogP) is 4.96. The van der Waals surface area contributed by atoms with Crippen LogP contribution in [0.15, 0.2) is 83.1 Å². The summed E-state index contributed by atoms with van der Waals surface area (Å²) in [5.74, 6) is 0.791. The van der Waals surface area contributed by atoms with Crippen molar-refractivity contribution in [1.29, 1.82) is 0 Å². The van der Waals surface area contributed by atoms with Gasteiger partial charge in [0, 0.05) is 11.6 Å². The largest absolute Gasteiger partial charge is 0.497 e. The SMILES string of the molecule is COc1ccc([C@H](CC(C)C)NC(=O)/C(=C/c2ccco2)NC(=O)c2ccccc2)cc1. The van der Waals surface area contributed by atoms with E-state index in [9.17, 15) is 9.59 Å². The number of hydrogen-bond acceptors (Lipinski definition) is 4. The lowest BCUT2D eigenvalue weighted by Gasteiger charge is -2.22. The first-order chi connectivity index (χ1) is 15.5. The van der Waals surface area contributed by atoms with Crippen LogP contribution in [0.4, 0.5) is 0 Å². The Balaban J connectivity index is 1.85. The molecule has 2 aromatic carbocycles. The van der Waals surface area contributed by atoms with Crippen molar-refractivity contribution < 1.29 is 18.7 Å². The molecule has 0 fully saturated rings. The normalized spacial score (nSPS) is 12.3. The Morgan fingerprint density at radius 3 is 2.31 bits per heavy atom. The van der Waals surface area contributed by atoms with Gasteiger partial charge in [0.2, 0.25) is 0 Å². The zero-order valence-corrected chi connectivity index (χ0v) is 18.5. The molecule has 166 valence electrons. The van der Waals surface area contributed by atoms with Gasteiger partial charge >= 0.3 is 0 Å². The van der Waals surface area contributed by atoms with E-state index in [1.54, 1.807) is 43.5 Å². The number of benzene rings is 2. The molecule has 1 atom stereocenters. The van der Waals surface area contributed by atoms with Crippen LogP contribution in [-0.2, 0) is 4.79 Å². The van der Waals surface area contributed by atoms with Crippen LogP contribution in [-0.4, -0.2) is 18.9 Å². The molecule has 3 rings (SSSR count). The Kier molecular flexibility index (Phi) is 7.86. The average molecular weight is 433 g/mol. The summed E-state index contributed by atoms with van der Waals surface area (Å²) >= 11 is 0. The van der Waals surface area contributed by atoms with Gasteiger partial charge in [-0.15, -0.1) is 0 Å². The monoisotopic (exact) mass is 432 g/mol. The smallest absolute Gasteiger partial charge is 0.268 e. The molecule has 0 aliphatic heterocycles. The topological polar surface area (TPSA) is 80.6 Å². The zero-order chi connectivity index (χ0) is 22.9. The second-order valence-electron chi connectivity index (χ2n) is 7.82. The van der Waals surface area contributed by atoms with Gasteiger partial charge in [-0.05, 0) is 54.3 Å². The molecule has 6 heteroatoms. The van der Waals surface area contributed by atoms with E-state index in [4.69, 9.17) is 9.15 Å². The van der Waals surface area contributed by atoms with E-state index in [1.165, 1.54) is 12.3 Å². The van der Waals surface area contributed by atoms with E-state index in [-0.39, 0.29) is 17.6 Å².